The van der Waals surface area contributed by atoms with Gasteiger partial charge >= 0.3 is 11.9 Å². The third kappa shape index (κ3) is 2.89. The van der Waals surface area contributed by atoms with E-state index >= 15 is 0 Å². The van der Waals surface area contributed by atoms with Crippen molar-refractivity contribution in [2.45, 2.75) is 25.7 Å². The topological polar surface area (TPSA) is 52.3 Å². The SMILES string of the molecule is COC(=O)CCC(F)(F)c1nc2cc(C)ccc2o1. The molecule has 1 aromatic carbocycles. The van der Waals surface area contributed by atoms with Crippen molar-refractivity contribution >= 4 is 17.1 Å². The molecule has 2 rings (SSSR count). The summed E-state index contributed by atoms with van der Waals surface area (Å²) in [6.45, 7) is 1.84. The molecular formula is C13H13F2NO3. The number of esters is 1. The number of oxazole rings is 1. The van der Waals surface area contributed by atoms with Crippen molar-refractivity contribution in [3.63, 3.8) is 0 Å². The van der Waals surface area contributed by atoms with Crippen molar-refractivity contribution < 1.29 is 22.7 Å². The summed E-state index contributed by atoms with van der Waals surface area (Å²) < 4.78 is 37.0. The predicted octanol–water partition coefficient (Wildman–Crippen LogP) is 3.18. The second-order valence-electron chi connectivity index (χ2n) is 4.27. The van der Waals surface area contributed by atoms with E-state index in [-0.39, 0.29) is 6.42 Å². The molecule has 0 N–H and O–H groups in total. The van der Waals surface area contributed by atoms with Crippen LogP contribution >= 0.6 is 0 Å². The van der Waals surface area contributed by atoms with Crippen LogP contribution in [0.3, 0.4) is 0 Å². The molecule has 4 nitrogen and oxygen atoms in total. The van der Waals surface area contributed by atoms with Gasteiger partial charge in [0.05, 0.1) is 13.5 Å². The molecule has 0 saturated carbocycles. The molecule has 19 heavy (non-hydrogen) atoms. The molecule has 0 amide bonds. The molecular weight excluding hydrogens is 256 g/mol. The highest BCUT2D eigenvalue weighted by Gasteiger charge is 2.38. The zero-order valence-corrected chi connectivity index (χ0v) is 10.6. The van der Waals surface area contributed by atoms with E-state index in [2.05, 4.69) is 9.72 Å². The van der Waals surface area contributed by atoms with E-state index in [0.717, 1.165) is 12.7 Å². The molecule has 1 heterocycles. The Labute approximate surface area is 108 Å². The second kappa shape index (κ2) is 4.95. The van der Waals surface area contributed by atoms with E-state index in [1.807, 2.05) is 6.92 Å². The van der Waals surface area contributed by atoms with Crippen LogP contribution in [-0.4, -0.2) is 18.1 Å². The fraction of sp³-hybridized carbons (Fsp3) is 0.385. The molecule has 0 radical (unpaired) electrons. The fourth-order valence-corrected chi connectivity index (χ4v) is 1.66. The second-order valence-corrected chi connectivity index (χ2v) is 4.27. The van der Waals surface area contributed by atoms with Crippen LogP contribution in [0.1, 0.15) is 24.3 Å². The highest BCUT2D eigenvalue weighted by Crippen LogP contribution is 2.34. The van der Waals surface area contributed by atoms with Gasteiger partial charge in [-0.1, -0.05) is 6.07 Å². The largest absolute Gasteiger partial charge is 0.469 e. The van der Waals surface area contributed by atoms with Gasteiger partial charge in [-0.25, -0.2) is 4.98 Å². The zero-order chi connectivity index (χ0) is 14.0. The van der Waals surface area contributed by atoms with Gasteiger partial charge in [0.2, 0.25) is 0 Å². The fourth-order valence-electron chi connectivity index (χ4n) is 1.66. The maximum absolute atomic E-state index is 13.8. The Morgan fingerprint density at radius 2 is 2.21 bits per heavy atom. The molecule has 0 fully saturated rings. The first-order valence-corrected chi connectivity index (χ1v) is 5.75. The summed E-state index contributed by atoms with van der Waals surface area (Å²) in [5, 5.41) is 0. The third-order valence-electron chi connectivity index (χ3n) is 2.73. The molecule has 2 aromatic rings. The average Bonchev–Trinajstić information content (AvgIpc) is 2.79. The van der Waals surface area contributed by atoms with Crippen LogP contribution in [0.2, 0.25) is 0 Å². The summed E-state index contributed by atoms with van der Waals surface area (Å²) in [4.78, 5) is 14.7. The lowest BCUT2D eigenvalue weighted by Gasteiger charge is -2.10. The highest BCUT2D eigenvalue weighted by molar-refractivity contribution is 5.73. The Morgan fingerprint density at radius 1 is 1.47 bits per heavy atom. The van der Waals surface area contributed by atoms with Gasteiger partial charge in [0.25, 0.3) is 5.89 Å². The summed E-state index contributed by atoms with van der Waals surface area (Å²) in [6.07, 6.45) is -1.08. The summed E-state index contributed by atoms with van der Waals surface area (Å²) in [5.41, 5.74) is 1.59. The molecule has 0 bridgehead atoms. The maximum Gasteiger partial charge on any atom is 0.322 e. The monoisotopic (exact) mass is 269 g/mol. The number of ether oxygens (including phenoxy) is 1. The predicted molar refractivity (Wildman–Crippen MR) is 63.9 cm³/mol. The lowest BCUT2D eigenvalue weighted by Crippen LogP contribution is -2.16. The minimum Gasteiger partial charge on any atom is -0.469 e. The van der Waals surface area contributed by atoms with Crippen molar-refractivity contribution in [2.75, 3.05) is 7.11 Å². The van der Waals surface area contributed by atoms with Crippen LogP contribution in [0.15, 0.2) is 22.6 Å². The number of fused-ring (bicyclic) bond motifs is 1. The zero-order valence-electron chi connectivity index (χ0n) is 10.6. The van der Waals surface area contributed by atoms with E-state index in [1.54, 1.807) is 18.2 Å². The van der Waals surface area contributed by atoms with Gasteiger partial charge in [0.1, 0.15) is 5.52 Å². The Hall–Kier alpha value is -1.98. The number of hydrogen-bond donors (Lipinski definition) is 0. The number of benzene rings is 1. The number of nitrogens with zero attached hydrogens (tertiary/aromatic N) is 1. The van der Waals surface area contributed by atoms with Crippen molar-refractivity contribution in [2.24, 2.45) is 0 Å². The smallest absolute Gasteiger partial charge is 0.322 e. The van der Waals surface area contributed by atoms with Gasteiger partial charge in [-0.3, -0.25) is 4.79 Å². The van der Waals surface area contributed by atoms with E-state index in [0.29, 0.717) is 11.1 Å². The first kappa shape index (κ1) is 13.5. The molecule has 0 aliphatic carbocycles. The summed E-state index contributed by atoms with van der Waals surface area (Å²) in [7, 11) is 1.16. The van der Waals surface area contributed by atoms with Gasteiger partial charge in [0.15, 0.2) is 5.58 Å². The van der Waals surface area contributed by atoms with Crippen molar-refractivity contribution in [3.05, 3.63) is 29.7 Å². The summed E-state index contributed by atoms with van der Waals surface area (Å²) >= 11 is 0. The van der Waals surface area contributed by atoms with Gasteiger partial charge < -0.3 is 9.15 Å². The van der Waals surface area contributed by atoms with Gasteiger partial charge in [-0.15, -0.1) is 0 Å². The number of methoxy groups -OCH3 is 1. The van der Waals surface area contributed by atoms with E-state index in [1.165, 1.54) is 0 Å². The number of carbonyl (C=O) groups is 1. The average molecular weight is 269 g/mol. The molecule has 0 aliphatic rings. The molecule has 0 spiro atoms. The van der Waals surface area contributed by atoms with Crippen LogP contribution in [0.25, 0.3) is 11.1 Å². The molecule has 0 saturated heterocycles. The molecule has 0 unspecified atom stereocenters. The quantitative estimate of drug-likeness (QED) is 0.800. The Morgan fingerprint density at radius 3 is 2.89 bits per heavy atom. The van der Waals surface area contributed by atoms with E-state index < -0.39 is 24.2 Å². The van der Waals surface area contributed by atoms with Crippen molar-refractivity contribution in [1.82, 2.24) is 4.98 Å². The van der Waals surface area contributed by atoms with E-state index in [9.17, 15) is 13.6 Å². The Kier molecular flexibility index (Phi) is 3.50. The number of halogens is 2. The number of aryl methyl sites for hydroxylation is 1. The van der Waals surface area contributed by atoms with Crippen LogP contribution in [0.4, 0.5) is 8.78 Å². The lowest BCUT2D eigenvalue weighted by molar-refractivity contribution is -0.143. The normalized spacial score (nSPS) is 11.8. The standard InChI is InChI=1S/C13H13F2NO3/c1-8-3-4-10-9(7-8)16-12(19-10)13(14,15)6-5-11(17)18-2/h3-4,7H,5-6H2,1-2H3. The van der Waals surface area contributed by atoms with Crippen LogP contribution in [-0.2, 0) is 15.5 Å². The molecule has 102 valence electrons. The first-order chi connectivity index (χ1) is 8.92. The minimum atomic E-state index is -3.29. The number of carbonyl (C=O) groups excluding carboxylic acids is 1. The number of rotatable bonds is 4. The van der Waals surface area contributed by atoms with E-state index in [4.69, 9.17) is 4.42 Å². The molecule has 1 aromatic heterocycles. The Balaban J connectivity index is 2.24. The summed E-state index contributed by atoms with van der Waals surface area (Å²) in [6, 6.07) is 5.01. The maximum atomic E-state index is 13.8. The van der Waals surface area contributed by atoms with Gasteiger partial charge in [0, 0.05) is 6.42 Å². The lowest BCUT2D eigenvalue weighted by atomic mass is 10.2. The van der Waals surface area contributed by atoms with Crippen LogP contribution in [0, 0.1) is 6.92 Å². The van der Waals surface area contributed by atoms with Crippen LogP contribution < -0.4 is 0 Å². The van der Waals surface area contributed by atoms with Gasteiger partial charge in [-0.05, 0) is 24.6 Å². The number of aromatic nitrogens is 1. The first-order valence-electron chi connectivity index (χ1n) is 5.75. The van der Waals surface area contributed by atoms with Crippen molar-refractivity contribution in [3.8, 4) is 0 Å². The molecule has 0 aliphatic heterocycles. The van der Waals surface area contributed by atoms with Gasteiger partial charge in [-0.2, -0.15) is 8.78 Å². The third-order valence-corrected chi connectivity index (χ3v) is 2.73. The summed E-state index contributed by atoms with van der Waals surface area (Å²) in [5.74, 6) is -4.65. The van der Waals surface area contributed by atoms with Crippen LogP contribution in [0.5, 0.6) is 0 Å². The Bertz CT molecular complexity index is 607. The molecule has 0 atom stereocenters. The highest BCUT2D eigenvalue weighted by atomic mass is 19.3. The number of alkyl halides is 2. The number of hydrogen-bond acceptors (Lipinski definition) is 4. The minimum absolute atomic E-state index is 0.304. The molecule has 6 heteroatoms. The van der Waals surface area contributed by atoms with Crippen molar-refractivity contribution in [1.29, 1.82) is 0 Å².